The molecule has 0 radical (unpaired) electrons. The van der Waals surface area contributed by atoms with Gasteiger partial charge >= 0.3 is 0 Å². The standard InChI is InChI=1S/C27H35N5OS/c1-5-18-31(22-13-9-7-10-14-22)20-17-24(33)30-25-26(28-21(3)29-27(25)34-4)32(19-6-2)23-15-11-8-12-16-23/h7-16H,5-6,17-20H2,1-4H3,(H,30,33). The van der Waals surface area contributed by atoms with Crippen LogP contribution in [-0.4, -0.2) is 41.8 Å². The Morgan fingerprint density at radius 1 is 0.882 bits per heavy atom. The number of para-hydroxylation sites is 2. The van der Waals surface area contributed by atoms with Crippen LogP contribution in [0, 0.1) is 6.92 Å². The van der Waals surface area contributed by atoms with Crippen molar-refractivity contribution in [3.8, 4) is 0 Å². The summed E-state index contributed by atoms with van der Waals surface area (Å²) in [5, 5.41) is 3.94. The van der Waals surface area contributed by atoms with Gasteiger partial charge in [-0.1, -0.05) is 50.2 Å². The fourth-order valence-electron chi connectivity index (χ4n) is 3.89. The molecule has 0 saturated carbocycles. The normalized spacial score (nSPS) is 10.7. The Morgan fingerprint density at radius 2 is 1.50 bits per heavy atom. The Morgan fingerprint density at radius 3 is 2.09 bits per heavy atom. The molecule has 0 unspecified atom stereocenters. The number of rotatable bonds is 12. The monoisotopic (exact) mass is 477 g/mol. The Labute approximate surface area is 207 Å². The summed E-state index contributed by atoms with van der Waals surface area (Å²) < 4.78 is 0. The molecule has 34 heavy (non-hydrogen) atoms. The van der Waals surface area contributed by atoms with Crippen molar-refractivity contribution in [1.29, 1.82) is 0 Å². The molecule has 2 aromatic carbocycles. The van der Waals surface area contributed by atoms with Crippen molar-refractivity contribution >= 4 is 40.5 Å². The third-order valence-corrected chi connectivity index (χ3v) is 6.10. The minimum Gasteiger partial charge on any atom is -0.371 e. The van der Waals surface area contributed by atoms with Crippen LogP contribution in [0.2, 0.25) is 0 Å². The highest BCUT2D eigenvalue weighted by Crippen LogP contribution is 2.36. The SMILES string of the molecule is CCCN(CCC(=O)Nc1c(SC)nc(C)nc1N(CCC)c1ccccc1)c1ccccc1. The van der Waals surface area contributed by atoms with Crippen molar-refractivity contribution < 1.29 is 4.79 Å². The van der Waals surface area contributed by atoms with Gasteiger partial charge in [-0.25, -0.2) is 9.97 Å². The molecule has 6 nitrogen and oxygen atoms in total. The van der Waals surface area contributed by atoms with E-state index in [1.54, 1.807) is 0 Å². The van der Waals surface area contributed by atoms with E-state index in [1.807, 2.05) is 49.6 Å². The predicted octanol–water partition coefficient (Wildman–Crippen LogP) is 6.30. The van der Waals surface area contributed by atoms with Gasteiger partial charge in [-0.2, -0.15) is 0 Å². The number of hydrogen-bond acceptors (Lipinski definition) is 6. The number of carbonyl (C=O) groups excluding carboxylic acids is 1. The van der Waals surface area contributed by atoms with Crippen molar-refractivity contribution in [1.82, 2.24) is 9.97 Å². The lowest BCUT2D eigenvalue weighted by molar-refractivity contribution is -0.116. The number of thioether (sulfide) groups is 1. The number of amides is 1. The van der Waals surface area contributed by atoms with E-state index in [0.29, 0.717) is 24.5 Å². The molecule has 1 N–H and O–H groups in total. The van der Waals surface area contributed by atoms with Crippen LogP contribution in [0.3, 0.4) is 0 Å². The molecular formula is C27H35N5OS. The number of anilines is 4. The molecule has 3 rings (SSSR count). The molecule has 0 fully saturated rings. The molecule has 0 aliphatic rings. The van der Waals surface area contributed by atoms with Crippen LogP contribution in [0.25, 0.3) is 0 Å². The summed E-state index contributed by atoms with van der Waals surface area (Å²) in [6.45, 7) is 8.54. The Hall–Kier alpha value is -3.06. The average molecular weight is 478 g/mol. The average Bonchev–Trinajstić information content (AvgIpc) is 2.87. The van der Waals surface area contributed by atoms with Crippen LogP contribution in [0.4, 0.5) is 22.9 Å². The number of hydrogen-bond donors (Lipinski definition) is 1. The third-order valence-electron chi connectivity index (χ3n) is 5.42. The van der Waals surface area contributed by atoms with Crippen LogP contribution in [-0.2, 0) is 4.79 Å². The van der Waals surface area contributed by atoms with Crippen LogP contribution in [0.15, 0.2) is 65.7 Å². The first-order chi connectivity index (χ1) is 16.6. The van der Waals surface area contributed by atoms with E-state index < -0.39 is 0 Å². The van der Waals surface area contributed by atoms with E-state index in [0.717, 1.165) is 48.1 Å². The zero-order valence-electron chi connectivity index (χ0n) is 20.6. The van der Waals surface area contributed by atoms with Crippen LogP contribution < -0.4 is 15.1 Å². The van der Waals surface area contributed by atoms with Crippen LogP contribution in [0.5, 0.6) is 0 Å². The van der Waals surface area contributed by atoms with Crippen molar-refractivity contribution in [3.05, 3.63) is 66.5 Å². The lowest BCUT2D eigenvalue weighted by Crippen LogP contribution is -2.29. The molecule has 0 atom stereocenters. The highest BCUT2D eigenvalue weighted by molar-refractivity contribution is 7.98. The number of nitrogens with zero attached hydrogens (tertiary/aromatic N) is 4. The molecule has 1 heterocycles. The topological polar surface area (TPSA) is 61.4 Å². The highest BCUT2D eigenvalue weighted by Gasteiger charge is 2.21. The van der Waals surface area contributed by atoms with Crippen molar-refractivity contribution in [2.75, 3.05) is 41.0 Å². The zero-order chi connectivity index (χ0) is 24.3. The zero-order valence-corrected chi connectivity index (χ0v) is 21.4. The molecule has 1 aromatic heterocycles. The molecule has 180 valence electrons. The summed E-state index contributed by atoms with van der Waals surface area (Å²) in [6, 6.07) is 20.4. The van der Waals surface area contributed by atoms with Gasteiger partial charge in [0.2, 0.25) is 5.91 Å². The van der Waals surface area contributed by atoms with Gasteiger partial charge in [0.15, 0.2) is 5.82 Å². The van der Waals surface area contributed by atoms with E-state index in [-0.39, 0.29) is 5.91 Å². The Kier molecular flexibility index (Phi) is 9.76. The molecule has 0 bridgehead atoms. The van der Waals surface area contributed by atoms with Crippen LogP contribution in [0.1, 0.15) is 38.9 Å². The first-order valence-electron chi connectivity index (χ1n) is 11.9. The maximum absolute atomic E-state index is 13.2. The number of carbonyl (C=O) groups is 1. The number of aryl methyl sites for hydroxylation is 1. The second kappa shape index (κ2) is 13.0. The van der Waals surface area contributed by atoms with Gasteiger partial charge in [0.1, 0.15) is 16.5 Å². The van der Waals surface area contributed by atoms with Gasteiger partial charge in [-0.05, 0) is 50.3 Å². The summed E-state index contributed by atoms with van der Waals surface area (Å²) in [5.74, 6) is 1.39. The maximum Gasteiger partial charge on any atom is 0.226 e. The molecule has 3 aromatic rings. The van der Waals surface area contributed by atoms with Gasteiger partial charge in [-0.15, -0.1) is 11.8 Å². The molecule has 0 spiro atoms. The number of nitrogens with one attached hydrogen (secondary N) is 1. The number of benzene rings is 2. The van der Waals surface area contributed by atoms with Gasteiger partial charge in [0.25, 0.3) is 0 Å². The lowest BCUT2D eigenvalue weighted by atomic mass is 10.2. The Balaban J connectivity index is 1.86. The molecule has 1 amide bonds. The van der Waals surface area contributed by atoms with E-state index >= 15 is 0 Å². The van der Waals surface area contributed by atoms with Crippen molar-refractivity contribution in [2.45, 2.75) is 45.1 Å². The Bertz CT molecular complexity index is 1050. The lowest BCUT2D eigenvalue weighted by Gasteiger charge is -2.27. The molecule has 0 saturated heterocycles. The van der Waals surface area contributed by atoms with Gasteiger partial charge in [0.05, 0.1) is 0 Å². The van der Waals surface area contributed by atoms with Crippen LogP contribution >= 0.6 is 11.8 Å². The fourth-order valence-corrected chi connectivity index (χ4v) is 4.46. The first-order valence-corrected chi connectivity index (χ1v) is 13.1. The maximum atomic E-state index is 13.2. The van der Waals surface area contributed by atoms with Gasteiger partial charge in [0, 0.05) is 37.4 Å². The summed E-state index contributed by atoms with van der Waals surface area (Å²) in [6.07, 6.45) is 4.33. The molecule has 0 aliphatic heterocycles. The highest BCUT2D eigenvalue weighted by atomic mass is 32.2. The largest absolute Gasteiger partial charge is 0.371 e. The smallest absolute Gasteiger partial charge is 0.226 e. The van der Waals surface area contributed by atoms with E-state index in [1.165, 1.54) is 11.8 Å². The summed E-state index contributed by atoms with van der Waals surface area (Å²) >= 11 is 1.52. The molecule has 0 aliphatic carbocycles. The second-order valence-electron chi connectivity index (χ2n) is 8.09. The van der Waals surface area contributed by atoms with Crippen molar-refractivity contribution in [2.24, 2.45) is 0 Å². The summed E-state index contributed by atoms with van der Waals surface area (Å²) in [5.41, 5.74) is 2.87. The van der Waals surface area contributed by atoms with E-state index in [2.05, 4.69) is 58.2 Å². The third kappa shape index (κ3) is 6.73. The van der Waals surface area contributed by atoms with E-state index in [4.69, 9.17) is 4.98 Å². The minimum absolute atomic E-state index is 0.0365. The quantitative estimate of drug-likeness (QED) is 0.244. The van der Waals surface area contributed by atoms with Crippen molar-refractivity contribution in [3.63, 3.8) is 0 Å². The number of aromatic nitrogens is 2. The second-order valence-corrected chi connectivity index (χ2v) is 8.88. The molecular weight excluding hydrogens is 442 g/mol. The first kappa shape index (κ1) is 25.6. The summed E-state index contributed by atoms with van der Waals surface area (Å²) in [4.78, 5) is 27.0. The van der Waals surface area contributed by atoms with Gasteiger partial charge < -0.3 is 15.1 Å². The van der Waals surface area contributed by atoms with E-state index in [9.17, 15) is 4.79 Å². The minimum atomic E-state index is -0.0365. The molecule has 7 heteroatoms. The summed E-state index contributed by atoms with van der Waals surface area (Å²) in [7, 11) is 0. The predicted molar refractivity (Wildman–Crippen MR) is 144 cm³/mol. The fraction of sp³-hybridized carbons (Fsp3) is 0.370. The van der Waals surface area contributed by atoms with Gasteiger partial charge in [-0.3, -0.25) is 4.79 Å².